The van der Waals surface area contributed by atoms with Crippen molar-refractivity contribution in [3.63, 3.8) is 0 Å². The summed E-state index contributed by atoms with van der Waals surface area (Å²) in [5, 5.41) is 14.1. The molecule has 0 aliphatic rings. The molecule has 0 aliphatic heterocycles. The Morgan fingerprint density at radius 2 is 2.10 bits per heavy atom. The molecule has 0 saturated carbocycles. The molecule has 0 fully saturated rings. The van der Waals surface area contributed by atoms with Crippen molar-refractivity contribution in [3.8, 4) is 0 Å². The molecule has 0 unspecified atom stereocenters. The van der Waals surface area contributed by atoms with E-state index in [4.69, 9.17) is 10.9 Å². The van der Waals surface area contributed by atoms with Crippen molar-refractivity contribution in [2.75, 3.05) is 7.05 Å². The standard InChI is InChI=1S/C14H24N4O2S/c1-4-6-14(7-5-2,12(15)17-20)13(19)18(3)8-11-9-21-10-16-11/h9-10,20H,4-8H2,1-3H3,(H2,15,17). The van der Waals surface area contributed by atoms with Gasteiger partial charge in [0.2, 0.25) is 5.91 Å². The Morgan fingerprint density at radius 1 is 1.48 bits per heavy atom. The molecular formula is C14H24N4O2S. The number of hydrogen-bond acceptors (Lipinski definition) is 5. The van der Waals surface area contributed by atoms with Gasteiger partial charge in [0, 0.05) is 12.4 Å². The van der Waals surface area contributed by atoms with Crippen LogP contribution >= 0.6 is 11.3 Å². The van der Waals surface area contributed by atoms with E-state index in [0.29, 0.717) is 19.4 Å². The molecule has 6 nitrogen and oxygen atoms in total. The molecule has 21 heavy (non-hydrogen) atoms. The number of thiazole rings is 1. The van der Waals surface area contributed by atoms with Crippen LogP contribution in [0.15, 0.2) is 16.0 Å². The Bertz CT molecular complexity index is 467. The van der Waals surface area contributed by atoms with Gasteiger partial charge >= 0.3 is 0 Å². The molecule has 0 atom stereocenters. The summed E-state index contributed by atoms with van der Waals surface area (Å²) in [6, 6.07) is 0. The fraction of sp³-hybridized carbons (Fsp3) is 0.643. The zero-order valence-electron chi connectivity index (χ0n) is 12.9. The lowest BCUT2D eigenvalue weighted by atomic mass is 9.76. The van der Waals surface area contributed by atoms with Crippen LogP contribution in [-0.2, 0) is 11.3 Å². The van der Waals surface area contributed by atoms with Crippen LogP contribution in [0, 0.1) is 5.41 Å². The smallest absolute Gasteiger partial charge is 0.236 e. The van der Waals surface area contributed by atoms with E-state index in [1.807, 2.05) is 19.2 Å². The maximum atomic E-state index is 12.9. The van der Waals surface area contributed by atoms with Crippen LogP contribution < -0.4 is 5.73 Å². The maximum absolute atomic E-state index is 12.9. The van der Waals surface area contributed by atoms with Crippen molar-refractivity contribution in [1.29, 1.82) is 0 Å². The molecule has 0 saturated heterocycles. The van der Waals surface area contributed by atoms with E-state index in [1.54, 1.807) is 17.5 Å². The molecule has 7 heteroatoms. The van der Waals surface area contributed by atoms with Gasteiger partial charge in [-0.15, -0.1) is 11.3 Å². The van der Waals surface area contributed by atoms with E-state index >= 15 is 0 Å². The van der Waals surface area contributed by atoms with E-state index < -0.39 is 5.41 Å². The summed E-state index contributed by atoms with van der Waals surface area (Å²) in [6.45, 7) is 4.40. The molecule has 0 aliphatic carbocycles. The van der Waals surface area contributed by atoms with Gasteiger partial charge in [0.1, 0.15) is 5.41 Å². The lowest BCUT2D eigenvalue weighted by molar-refractivity contribution is -0.138. The molecule has 1 heterocycles. The van der Waals surface area contributed by atoms with Gasteiger partial charge in [-0.1, -0.05) is 31.8 Å². The molecule has 1 rings (SSSR count). The summed E-state index contributed by atoms with van der Waals surface area (Å²) in [6.07, 6.45) is 2.70. The van der Waals surface area contributed by atoms with Gasteiger partial charge in [0.05, 0.1) is 17.7 Å². The van der Waals surface area contributed by atoms with E-state index in [2.05, 4.69) is 10.1 Å². The minimum Gasteiger partial charge on any atom is -0.409 e. The Labute approximate surface area is 129 Å². The van der Waals surface area contributed by atoms with E-state index in [9.17, 15) is 4.79 Å². The number of carbonyl (C=O) groups excluding carboxylic acids is 1. The number of carbonyl (C=O) groups is 1. The lowest BCUT2D eigenvalue weighted by Crippen LogP contribution is -2.50. The van der Waals surface area contributed by atoms with E-state index in [0.717, 1.165) is 18.5 Å². The van der Waals surface area contributed by atoms with Gasteiger partial charge in [-0.2, -0.15) is 0 Å². The second kappa shape index (κ2) is 7.97. The molecule has 1 amide bonds. The monoisotopic (exact) mass is 312 g/mol. The largest absolute Gasteiger partial charge is 0.409 e. The van der Waals surface area contributed by atoms with Gasteiger partial charge in [0.15, 0.2) is 5.84 Å². The average Bonchev–Trinajstić information content (AvgIpc) is 2.98. The van der Waals surface area contributed by atoms with Crippen molar-refractivity contribution >= 4 is 23.1 Å². The first-order valence-corrected chi connectivity index (χ1v) is 8.06. The Kier molecular flexibility index (Phi) is 6.61. The van der Waals surface area contributed by atoms with E-state index in [-0.39, 0.29) is 11.7 Å². The molecule has 0 bridgehead atoms. The van der Waals surface area contributed by atoms with Crippen LogP contribution in [0.2, 0.25) is 0 Å². The first-order valence-electron chi connectivity index (χ1n) is 7.12. The molecule has 1 aromatic heterocycles. The van der Waals surface area contributed by atoms with Gasteiger partial charge in [0.25, 0.3) is 0 Å². The fourth-order valence-electron chi connectivity index (χ4n) is 2.65. The topological polar surface area (TPSA) is 91.8 Å². The number of amides is 1. The number of aromatic nitrogens is 1. The predicted octanol–water partition coefficient (Wildman–Crippen LogP) is 2.43. The molecule has 1 aromatic rings. The van der Waals surface area contributed by atoms with Gasteiger partial charge in [-0.05, 0) is 12.8 Å². The summed E-state index contributed by atoms with van der Waals surface area (Å²) in [4.78, 5) is 18.7. The SMILES string of the molecule is CCCC(CCC)(C(=O)N(C)Cc1cscn1)C(N)=NO. The van der Waals surface area contributed by atoms with Crippen molar-refractivity contribution in [1.82, 2.24) is 9.88 Å². The summed E-state index contributed by atoms with van der Waals surface area (Å²) >= 11 is 1.49. The van der Waals surface area contributed by atoms with Crippen molar-refractivity contribution in [3.05, 3.63) is 16.6 Å². The Balaban J connectivity index is 3.02. The predicted molar refractivity (Wildman–Crippen MR) is 84.2 cm³/mol. The van der Waals surface area contributed by atoms with Crippen LogP contribution in [0.5, 0.6) is 0 Å². The third-order valence-corrected chi connectivity index (χ3v) is 4.23. The third kappa shape index (κ3) is 3.93. The third-order valence-electron chi connectivity index (χ3n) is 3.59. The highest BCUT2D eigenvalue weighted by molar-refractivity contribution is 7.07. The van der Waals surface area contributed by atoms with Crippen LogP contribution in [0.4, 0.5) is 0 Å². The molecular weight excluding hydrogens is 288 g/mol. The zero-order chi connectivity index (χ0) is 15.9. The normalized spacial score (nSPS) is 12.4. The minimum absolute atomic E-state index is 0.00123. The van der Waals surface area contributed by atoms with E-state index in [1.165, 1.54) is 11.3 Å². The van der Waals surface area contributed by atoms with Crippen molar-refractivity contribution < 1.29 is 10.0 Å². The zero-order valence-corrected chi connectivity index (χ0v) is 13.7. The highest BCUT2D eigenvalue weighted by Crippen LogP contribution is 2.33. The van der Waals surface area contributed by atoms with Crippen molar-refractivity contribution in [2.24, 2.45) is 16.3 Å². The molecule has 0 radical (unpaired) electrons. The Hall–Kier alpha value is -1.63. The summed E-state index contributed by atoms with van der Waals surface area (Å²) in [5.41, 5.74) is 7.53. The van der Waals surface area contributed by atoms with Gasteiger partial charge in [-0.3, -0.25) is 4.79 Å². The first-order chi connectivity index (χ1) is 10.0. The highest BCUT2D eigenvalue weighted by atomic mass is 32.1. The fourth-order valence-corrected chi connectivity index (χ4v) is 3.20. The number of oxime groups is 1. The number of hydrogen-bond donors (Lipinski definition) is 2. The number of amidine groups is 1. The van der Waals surface area contributed by atoms with Gasteiger partial charge < -0.3 is 15.8 Å². The maximum Gasteiger partial charge on any atom is 0.236 e. The molecule has 118 valence electrons. The second-order valence-corrected chi connectivity index (χ2v) is 5.93. The second-order valence-electron chi connectivity index (χ2n) is 5.21. The quantitative estimate of drug-likeness (QED) is 0.334. The number of nitrogens with zero attached hydrogens (tertiary/aromatic N) is 3. The van der Waals surface area contributed by atoms with Crippen molar-refractivity contribution in [2.45, 2.75) is 46.1 Å². The van der Waals surface area contributed by atoms with Crippen LogP contribution in [0.1, 0.15) is 45.2 Å². The highest BCUT2D eigenvalue weighted by Gasteiger charge is 2.43. The first kappa shape index (κ1) is 17.4. The van der Waals surface area contributed by atoms with Crippen LogP contribution in [-0.4, -0.2) is 33.9 Å². The average molecular weight is 312 g/mol. The van der Waals surface area contributed by atoms with Crippen LogP contribution in [0.25, 0.3) is 0 Å². The summed E-state index contributed by atoms with van der Waals surface area (Å²) < 4.78 is 0. The van der Waals surface area contributed by atoms with Crippen LogP contribution in [0.3, 0.4) is 0 Å². The lowest BCUT2D eigenvalue weighted by Gasteiger charge is -2.34. The summed E-state index contributed by atoms with van der Waals surface area (Å²) in [7, 11) is 1.73. The Morgan fingerprint density at radius 3 is 2.52 bits per heavy atom. The minimum atomic E-state index is -0.928. The summed E-state index contributed by atoms with van der Waals surface area (Å²) in [5.74, 6) is -0.115. The van der Waals surface area contributed by atoms with Gasteiger partial charge in [-0.25, -0.2) is 4.98 Å². The molecule has 0 aromatic carbocycles. The number of nitrogens with two attached hydrogens (primary N) is 1. The molecule has 3 N–H and O–H groups in total. The molecule has 0 spiro atoms. The number of rotatable bonds is 8.